The van der Waals surface area contributed by atoms with E-state index in [0.29, 0.717) is 58.5 Å². The lowest BCUT2D eigenvalue weighted by atomic mass is 10.3. The molecule has 3 heterocycles. The Hall–Kier alpha value is -3.24. The Kier molecular flexibility index (Phi) is 7.36. The van der Waals surface area contributed by atoms with Crippen LogP contribution in [0.3, 0.4) is 0 Å². The quantitative estimate of drug-likeness (QED) is 0.469. The first kappa shape index (κ1) is 22.9. The molecule has 1 aliphatic rings. The van der Waals surface area contributed by atoms with Gasteiger partial charge in [-0.1, -0.05) is 11.6 Å². The van der Waals surface area contributed by atoms with Crippen molar-refractivity contribution in [2.45, 2.75) is 13.5 Å². The predicted octanol–water partition coefficient (Wildman–Crippen LogP) is 2.98. The van der Waals surface area contributed by atoms with Gasteiger partial charge in [-0.05, 0) is 37.3 Å². The zero-order valence-electron chi connectivity index (χ0n) is 17.9. The number of hydrogen-bond donors (Lipinski definition) is 0. The number of esters is 1. The van der Waals surface area contributed by atoms with E-state index in [1.165, 1.54) is 11.3 Å². The van der Waals surface area contributed by atoms with Gasteiger partial charge in [-0.3, -0.25) is 4.79 Å². The number of aryl methyl sites for hydroxylation is 1. The molecular formula is C22H22ClN5O4S. The van der Waals surface area contributed by atoms with Crippen LogP contribution in [0.4, 0.5) is 5.95 Å². The summed E-state index contributed by atoms with van der Waals surface area (Å²) in [5.41, 5.74) is 0.545. The number of amides is 1. The molecule has 1 aromatic carbocycles. The maximum absolute atomic E-state index is 12.5. The molecule has 2 aromatic heterocycles. The second kappa shape index (κ2) is 10.6. The van der Waals surface area contributed by atoms with Gasteiger partial charge in [-0.15, -0.1) is 11.3 Å². The summed E-state index contributed by atoms with van der Waals surface area (Å²) >= 11 is 7.06. The van der Waals surface area contributed by atoms with Gasteiger partial charge in [-0.25, -0.2) is 19.7 Å². The first-order chi connectivity index (χ1) is 16.0. The summed E-state index contributed by atoms with van der Waals surface area (Å²) < 4.78 is 10.9. The van der Waals surface area contributed by atoms with E-state index in [-0.39, 0.29) is 19.1 Å². The molecule has 1 saturated heterocycles. The summed E-state index contributed by atoms with van der Waals surface area (Å²) in [6.45, 7) is 3.90. The Bertz CT molecular complexity index is 1100. The third-order valence-corrected chi connectivity index (χ3v) is 6.36. The summed E-state index contributed by atoms with van der Waals surface area (Å²) in [4.78, 5) is 41.9. The standard InChI is InChI=1S/C22H22ClN5O4S/c1-15-20(33-18(26-15)13-31-17-5-3-16(23)4-6-17)21(30)32-14-19(29)27-9-11-28(12-10-27)22-24-7-2-8-25-22/h2-8H,9-14H2,1H3. The first-order valence-corrected chi connectivity index (χ1v) is 11.5. The molecule has 0 aliphatic carbocycles. The Labute approximate surface area is 199 Å². The molecule has 172 valence electrons. The molecule has 0 radical (unpaired) electrons. The van der Waals surface area contributed by atoms with Gasteiger partial charge in [0.25, 0.3) is 5.91 Å². The fourth-order valence-electron chi connectivity index (χ4n) is 3.27. The second-order valence-corrected chi connectivity index (χ2v) is 8.78. The highest BCUT2D eigenvalue weighted by Gasteiger charge is 2.24. The highest BCUT2D eigenvalue weighted by Crippen LogP contribution is 2.22. The maximum Gasteiger partial charge on any atom is 0.350 e. The number of aromatic nitrogens is 3. The van der Waals surface area contributed by atoms with E-state index in [2.05, 4.69) is 15.0 Å². The van der Waals surface area contributed by atoms with Crippen LogP contribution in [0, 0.1) is 6.92 Å². The van der Waals surface area contributed by atoms with Crippen molar-refractivity contribution in [2.24, 2.45) is 0 Å². The van der Waals surface area contributed by atoms with Gasteiger partial charge in [0.2, 0.25) is 5.95 Å². The molecule has 1 fully saturated rings. The molecule has 0 unspecified atom stereocenters. The van der Waals surface area contributed by atoms with Crippen molar-refractivity contribution in [3.8, 4) is 5.75 Å². The number of carbonyl (C=O) groups excluding carboxylic acids is 2. The molecule has 0 N–H and O–H groups in total. The van der Waals surface area contributed by atoms with Gasteiger partial charge in [-0.2, -0.15) is 0 Å². The zero-order valence-corrected chi connectivity index (χ0v) is 19.5. The maximum atomic E-state index is 12.5. The minimum absolute atomic E-state index is 0.217. The van der Waals surface area contributed by atoms with Crippen LogP contribution in [0.1, 0.15) is 20.4 Å². The highest BCUT2D eigenvalue weighted by atomic mass is 35.5. The van der Waals surface area contributed by atoms with Crippen molar-refractivity contribution in [2.75, 3.05) is 37.7 Å². The van der Waals surface area contributed by atoms with Crippen LogP contribution in [0.2, 0.25) is 5.02 Å². The highest BCUT2D eigenvalue weighted by molar-refractivity contribution is 7.13. The van der Waals surface area contributed by atoms with Crippen molar-refractivity contribution >= 4 is 40.8 Å². The SMILES string of the molecule is Cc1nc(COc2ccc(Cl)cc2)sc1C(=O)OCC(=O)N1CCN(c2ncccn2)CC1. The minimum Gasteiger partial charge on any atom is -0.486 e. The van der Waals surface area contributed by atoms with Gasteiger partial charge < -0.3 is 19.3 Å². The number of hydrogen-bond acceptors (Lipinski definition) is 9. The van der Waals surface area contributed by atoms with Gasteiger partial charge in [0.15, 0.2) is 6.61 Å². The van der Waals surface area contributed by atoms with Crippen LogP contribution >= 0.6 is 22.9 Å². The third kappa shape index (κ3) is 5.96. The molecule has 4 rings (SSSR count). The van der Waals surface area contributed by atoms with E-state index < -0.39 is 5.97 Å². The van der Waals surface area contributed by atoms with Crippen molar-refractivity contribution in [3.63, 3.8) is 0 Å². The van der Waals surface area contributed by atoms with E-state index in [4.69, 9.17) is 21.1 Å². The van der Waals surface area contributed by atoms with Gasteiger partial charge in [0, 0.05) is 43.6 Å². The number of thiazole rings is 1. The van der Waals surface area contributed by atoms with E-state index in [0.717, 1.165) is 0 Å². The second-order valence-electron chi connectivity index (χ2n) is 7.26. The van der Waals surface area contributed by atoms with E-state index in [1.807, 2.05) is 4.90 Å². The smallest absolute Gasteiger partial charge is 0.350 e. The fraction of sp³-hybridized carbons (Fsp3) is 0.318. The molecule has 0 saturated carbocycles. The molecule has 1 aliphatic heterocycles. The molecule has 0 bridgehead atoms. The van der Waals surface area contributed by atoms with Crippen LogP contribution in [0.15, 0.2) is 42.7 Å². The van der Waals surface area contributed by atoms with Gasteiger partial charge in [0.05, 0.1) is 5.69 Å². The normalized spacial score (nSPS) is 13.6. The van der Waals surface area contributed by atoms with Crippen LogP contribution in [-0.2, 0) is 16.1 Å². The van der Waals surface area contributed by atoms with Crippen LogP contribution < -0.4 is 9.64 Å². The number of anilines is 1. The number of benzene rings is 1. The Morgan fingerprint density at radius 1 is 1.09 bits per heavy atom. The van der Waals surface area contributed by atoms with Crippen molar-refractivity contribution in [1.82, 2.24) is 19.9 Å². The van der Waals surface area contributed by atoms with Crippen molar-refractivity contribution in [1.29, 1.82) is 0 Å². The average molecular weight is 488 g/mol. The van der Waals surface area contributed by atoms with Crippen molar-refractivity contribution in [3.05, 3.63) is 63.3 Å². The number of ether oxygens (including phenoxy) is 2. The first-order valence-electron chi connectivity index (χ1n) is 10.3. The monoisotopic (exact) mass is 487 g/mol. The average Bonchev–Trinajstić information content (AvgIpc) is 3.23. The Morgan fingerprint density at radius 2 is 1.79 bits per heavy atom. The summed E-state index contributed by atoms with van der Waals surface area (Å²) in [5.74, 6) is 0.506. The van der Waals surface area contributed by atoms with Crippen LogP contribution in [0.5, 0.6) is 5.75 Å². The molecular weight excluding hydrogens is 466 g/mol. The van der Waals surface area contributed by atoms with E-state index >= 15 is 0 Å². The molecule has 3 aromatic rings. The predicted molar refractivity (Wildman–Crippen MR) is 124 cm³/mol. The van der Waals surface area contributed by atoms with Crippen LogP contribution in [-0.4, -0.2) is 64.5 Å². The molecule has 1 amide bonds. The van der Waals surface area contributed by atoms with Gasteiger partial charge >= 0.3 is 5.97 Å². The number of rotatable bonds is 7. The molecule has 9 nitrogen and oxygen atoms in total. The number of nitrogens with zero attached hydrogens (tertiary/aromatic N) is 5. The van der Waals surface area contributed by atoms with Crippen LogP contribution in [0.25, 0.3) is 0 Å². The zero-order chi connectivity index (χ0) is 23.2. The molecule has 33 heavy (non-hydrogen) atoms. The number of halogens is 1. The van der Waals surface area contributed by atoms with E-state index in [9.17, 15) is 9.59 Å². The Morgan fingerprint density at radius 3 is 2.48 bits per heavy atom. The number of piperazine rings is 1. The number of carbonyl (C=O) groups is 2. The third-order valence-electron chi connectivity index (χ3n) is 5.00. The summed E-state index contributed by atoms with van der Waals surface area (Å²) in [6.07, 6.45) is 3.38. The summed E-state index contributed by atoms with van der Waals surface area (Å²) in [6, 6.07) is 8.75. The molecule has 0 atom stereocenters. The lowest BCUT2D eigenvalue weighted by Gasteiger charge is -2.34. The molecule has 0 spiro atoms. The topological polar surface area (TPSA) is 97.8 Å². The lowest BCUT2D eigenvalue weighted by Crippen LogP contribution is -2.50. The molecule has 11 heteroatoms. The largest absolute Gasteiger partial charge is 0.486 e. The summed E-state index contributed by atoms with van der Waals surface area (Å²) in [7, 11) is 0. The fourth-order valence-corrected chi connectivity index (χ4v) is 4.27. The lowest BCUT2D eigenvalue weighted by molar-refractivity contribution is -0.134. The minimum atomic E-state index is -0.563. The van der Waals surface area contributed by atoms with Crippen molar-refractivity contribution < 1.29 is 19.1 Å². The Balaban J connectivity index is 1.25. The van der Waals surface area contributed by atoms with Gasteiger partial charge in [0.1, 0.15) is 22.2 Å². The summed E-state index contributed by atoms with van der Waals surface area (Å²) in [5, 5.41) is 1.26. The van der Waals surface area contributed by atoms with E-state index in [1.54, 1.807) is 54.5 Å².